The molecule has 3 N–H and O–H groups in total. The molecule has 0 aromatic carbocycles. The zero-order chi connectivity index (χ0) is 10.6. The van der Waals surface area contributed by atoms with Crippen LogP contribution < -0.4 is 5.73 Å². The Bertz CT molecular complexity index is 363. The molecule has 0 saturated carbocycles. The lowest BCUT2D eigenvalue weighted by Crippen LogP contribution is -2.03. The minimum atomic E-state index is -0.0635. The average Bonchev–Trinajstić information content (AvgIpc) is 2.53. The topological polar surface area (TPSA) is 71.8 Å². The minimum absolute atomic E-state index is 0.0635. The number of rotatable bonds is 4. The summed E-state index contributed by atoms with van der Waals surface area (Å²) in [5.41, 5.74) is 6.80. The molecule has 74 valence electrons. The zero-order valence-electron chi connectivity index (χ0n) is 8.08. The van der Waals surface area contributed by atoms with Crippen molar-refractivity contribution in [3.8, 4) is 0 Å². The monoisotopic (exact) mass is 191 g/mol. The van der Waals surface area contributed by atoms with Crippen LogP contribution >= 0.6 is 0 Å². The highest BCUT2D eigenvalue weighted by atomic mass is 16.1. The van der Waals surface area contributed by atoms with Gasteiger partial charge in [0, 0.05) is 24.9 Å². The molecule has 0 aliphatic heterocycles. The molecule has 4 heteroatoms. The second kappa shape index (κ2) is 4.41. The van der Waals surface area contributed by atoms with E-state index in [4.69, 9.17) is 5.73 Å². The van der Waals surface area contributed by atoms with Gasteiger partial charge in [-0.25, -0.2) is 4.98 Å². The fourth-order valence-electron chi connectivity index (χ4n) is 1.01. The van der Waals surface area contributed by atoms with E-state index in [9.17, 15) is 4.79 Å². The Morgan fingerprint density at radius 1 is 1.79 bits per heavy atom. The summed E-state index contributed by atoms with van der Waals surface area (Å²) in [4.78, 5) is 18.0. The summed E-state index contributed by atoms with van der Waals surface area (Å²) in [6, 6.07) is 0. The smallest absolute Gasteiger partial charge is 0.161 e. The summed E-state index contributed by atoms with van der Waals surface area (Å²) in [7, 11) is 0. The number of aromatic nitrogens is 2. The van der Waals surface area contributed by atoms with Crippen LogP contribution in [0.2, 0.25) is 0 Å². The number of aromatic amines is 1. The van der Waals surface area contributed by atoms with Crippen molar-refractivity contribution in [3.05, 3.63) is 36.4 Å². The Labute approximate surface area is 82.5 Å². The maximum atomic E-state index is 11.3. The molecule has 4 nitrogen and oxygen atoms in total. The van der Waals surface area contributed by atoms with Gasteiger partial charge in [-0.2, -0.15) is 0 Å². The minimum Gasteiger partial charge on any atom is -0.396 e. The molecule has 0 atom stereocenters. The molecule has 0 spiro atoms. The van der Waals surface area contributed by atoms with Crippen LogP contribution in [-0.2, 0) is 4.79 Å². The summed E-state index contributed by atoms with van der Waals surface area (Å²) in [5, 5.41) is 0. The van der Waals surface area contributed by atoms with Crippen LogP contribution in [-0.4, -0.2) is 15.8 Å². The van der Waals surface area contributed by atoms with E-state index >= 15 is 0 Å². The number of carbonyl (C=O) groups is 1. The van der Waals surface area contributed by atoms with Crippen LogP contribution in [0.25, 0.3) is 5.70 Å². The first kappa shape index (κ1) is 10.2. The van der Waals surface area contributed by atoms with Gasteiger partial charge in [0.15, 0.2) is 11.6 Å². The van der Waals surface area contributed by atoms with Crippen LogP contribution in [0.15, 0.2) is 30.6 Å². The highest BCUT2D eigenvalue weighted by molar-refractivity contribution is 5.96. The maximum Gasteiger partial charge on any atom is 0.161 e. The lowest BCUT2D eigenvalue weighted by Gasteiger charge is -1.96. The van der Waals surface area contributed by atoms with E-state index < -0.39 is 0 Å². The van der Waals surface area contributed by atoms with Crippen molar-refractivity contribution in [3.63, 3.8) is 0 Å². The normalized spacial score (nSPS) is 11.4. The van der Waals surface area contributed by atoms with Crippen LogP contribution in [0, 0.1) is 0 Å². The molecule has 1 heterocycles. The standard InChI is InChI=1S/C10H13N3O/c1-7(2)5-8(14)6-9(11)10-12-3-4-13-10/h3-4,6H,1,5,11H2,2H3,(H,12,13). The van der Waals surface area contributed by atoms with Gasteiger partial charge in [-0.05, 0) is 6.92 Å². The van der Waals surface area contributed by atoms with Crippen molar-refractivity contribution in [1.82, 2.24) is 9.97 Å². The average molecular weight is 191 g/mol. The number of imidazole rings is 1. The SMILES string of the molecule is C=C(C)CC(=O)C=C(N)c1ncc[nH]1. The second-order valence-electron chi connectivity index (χ2n) is 3.14. The molecule has 1 rings (SSSR count). The van der Waals surface area contributed by atoms with Gasteiger partial charge in [0.05, 0.1) is 5.70 Å². The molecule has 0 radical (unpaired) electrons. The Morgan fingerprint density at radius 3 is 3.00 bits per heavy atom. The first-order valence-corrected chi connectivity index (χ1v) is 4.23. The Kier molecular flexibility index (Phi) is 3.23. The van der Waals surface area contributed by atoms with E-state index in [2.05, 4.69) is 16.5 Å². The van der Waals surface area contributed by atoms with Crippen LogP contribution in [0.5, 0.6) is 0 Å². The summed E-state index contributed by atoms with van der Waals surface area (Å²) in [6.45, 7) is 5.45. The molecule has 0 amide bonds. The molecule has 0 aliphatic carbocycles. The highest BCUT2D eigenvalue weighted by Gasteiger charge is 2.02. The van der Waals surface area contributed by atoms with Crippen molar-refractivity contribution >= 4 is 11.5 Å². The molecule has 1 aromatic rings. The number of nitrogens with zero attached hydrogens (tertiary/aromatic N) is 1. The highest BCUT2D eigenvalue weighted by Crippen LogP contribution is 2.04. The van der Waals surface area contributed by atoms with Crippen molar-refractivity contribution in [2.75, 3.05) is 0 Å². The van der Waals surface area contributed by atoms with Crippen LogP contribution in [0.3, 0.4) is 0 Å². The van der Waals surface area contributed by atoms with E-state index in [-0.39, 0.29) is 5.78 Å². The first-order chi connectivity index (χ1) is 6.59. The van der Waals surface area contributed by atoms with Gasteiger partial charge < -0.3 is 10.7 Å². The van der Waals surface area contributed by atoms with Crippen molar-refractivity contribution in [1.29, 1.82) is 0 Å². The number of H-pyrrole nitrogens is 1. The van der Waals surface area contributed by atoms with Crippen molar-refractivity contribution < 1.29 is 4.79 Å². The van der Waals surface area contributed by atoms with E-state index in [0.717, 1.165) is 5.57 Å². The number of ketones is 1. The van der Waals surface area contributed by atoms with Gasteiger partial charge >= 0.3 is 0 Å². The predicted octanol–water partition coefficient (Wildman–Crippen LogP) is 1.24. The summed E-state index contributed by atoms with van der Waals surface area (Å²) in [6.07, 6.45) is 4.92. The number of allylic oxidation sites excluding steroid dienone is 2. The third-order valence-electron chi connectivity index (χ3n) is 1.56. The fraction of sp³-hybridized carbons (Fsp3) is 0.200. The van der Waals surface area contributed by atoms with Gasteiger partial charge in [-0.1, -0.05) is 12.2 Å². The Morgan fingerprint density at radius 2 is 2.50 bits per heavy atom. The number of nitrogens with two attached hydrogens (primary N) is 1. The molecular formula is C10H13N3O. The summed E-state index contributed by atoms with van der Waals surface area (Å²) >= 11 is 0. The Balaban J connectivity index is 2.69. The molecule has 14 heavy (non-hydrogen) atoms. The first-order valence-electron chi connectivity index (χ1n) is 4.23. The van der Waals surface area contributed by atoms with E-state index in [1.165, 1.54) is 6.08 Å². The number of hydrogen-bond acceptors (Lipinski definition) is 3. The third-order valence-corrected chi connectivity index (χ3v) is 1.56. The molecule has 0 bridgehead atoms. The number of nitrogens with one attached hydrogen (secondary N) is 1. The van der Waals surface area contributed by atoms with Crippen molar-refractivity contribution in [2.24, 2.45) is 5.73 Å². The molecule has 0 fully saturated rings. The maximum absolute atomic E-state index is 11.3. The van der Waals surface area contributed by atoms with E-state index in [0.29, 0.717) is 17.9 Å². The van der Waals surface area contributed by atoms with Crippen LogP contribution in [0.4, 0.5) is 0 Å². The van der Waals surface area contributed by atoms with Gasteiger partial charge in [-0.15, -0.1) is 0 Å². The predicted molar refractivity (Wildman–Crippen MR) is 55.2 cm³/mol. The van der Waals surface area contributed by atoms with Crippen molar-refractivity contribution in [2.45, 2.75) is 13.3 Å². The van der Waals surface area contributed by atoms with Gasteiger partial charge in [-0.3, -0.25) is 4.79 Å². The van der Waals surface area contributed by atoms with Gasteiger partial charge in [0.2, 0.25) is 0 Å². The number of hydrogen-bond donors (Lipinski definition) is 2. The summed E-state index contributed by atoms with van der Waals surface area (Å²) < 4.78 is 0. The third kappa shape index (κ3) is 2.90. The summed E-state index contributed by atoms with van der Waals surface area (Å²) in [5.74, 6) is 0.450. The lowest BCUT2D eigenvalue weighted by molar-refractivity contribution is -0.113. The quantitative estimate of drug-likeness (QED) is 0.555. The zero-order valence-corrected chi connectivity index (χ0v) is 8.08. The fourth-order valence-corrected chi connectivity index (χ4v) is 1.01. The molecule has 0 aliphatic rings. The molecule has 0 unspecified atom stereocenters. The largest absolute Gasteiger partial charge is 0.396 e. The van der Waals surface area contributed by atoms with Gasteiger partial charge in [0.1, 0.15) is 0 Å². The lowest BCUT2D eigenvalue weighted by atomic mass is 10.1. The second-order valence-corrected chi connectivity index (χ2v) is 3.14. The molecular weight excluding hydrogens is 178 g/mol. The molecule has 1 aromatic heterocycles. The molecule has 0 saturated heterocycles. The van der Waals surface area contributed by atoms with Gasteiger partial charge in [0.25, 0.3) is 0 Å². The van der Waals surface area contributed by atoms with Crippen LogP contribution in [0.1, 0.15) is 19.2 Å². The Hall–Kier alpha value is -1.84. The van der Waals surface area contributed by atoms with E-state index in [1.807, 2.05) is 0 Å². The number of carbonyl (C=O) groups excluding carboxylic acids is 1. The van der Waals surface area contributed by atoms with E-state index in [1.54, 1.807) is 19.3 Å².